The van der Waals surface area contributed by atoms with E-state index in [4.69, 9.17) is 22.1 Å². The Morgan fingerprint density at radius 2 is 1.88 bits per heavy atom. The van der Waals surface area contributed by atoms with Crippen molar-refractivity contribution in [2.24, 2.45) is 5.73 Å². The Hall–Kier alpha value is -3.40. The SMILES string of the molecule is CCN(CC)CCN1CCN(c2ccc(Nc3cc(Cc4c(F)cccc4Cl)cnc3C(N)=O)c(OC)c2)CC1. The van der Waals surface area contributed by atoms with Gasteiger partial charge in [0, 0.05) is 74.2 Å². The van der Waals surface area contributed by atoms with Gasteiger partial charge in [-0.1, -0.05) is 31.5 Å². The molecule has 214 valence electrons. The van der Waals surface area contributed by atoms with Crippen LogP contribution >= 0.6 is 11.6 Å². The molecule has 2 heterocycles. The van der Waals surface area contributed by atoms with E-state index in [2.05, 4.69) is 38.8 Å². The zero-order valence-electron chi connectivity index (χ0n) is 23.4. The van der Waals surface area contributed by atoms with Gasteiger partial charge in [0.15, 0.2) is 5.69 Å². The van der Waals surface area contributed by atoms with Crippen LogP contribution in [0.3, 0.4) is 0 Å². The molecule has 2 aromatic carbocycles. The number of carbonyl (C=O) groups is 1. The monoisotopic (exact) mass is 568 g/mol. The number of methoxy groups -OCH3 is 1. The number of nitrogens with one attached hydrogen (secondary N) is 1. The first-order valence-corrected chi connectivity index (χ1v) is 14.1. The lowest BCUT2D eigenvalue weighted by Gasteiger charge is -2.37. The molecular weight excluding hydrogens is 531 g/mol. The van der Waals surface area contributed by atoms with Crippen LogP contribution in [0.25, 0.3) is 0 Å². The van der Waals surface area contributed by atoms with Crippen molar-refractivity contribution in [2.75, 3.05) is 69.7 Å². The highest BCUT2D eigenvalue weighted by Crippen LogP contribution is 2.34. The van der Waals surface area contributed by atoms with Gasteiger partial charge < -0.3 is 25.6 Å². The molecular formula is C30H38ClFN6O2. The number of rotatable bonds is 12. The second-order valence-corrected chi connectivity index (χ2v) is 10.3. The molecule has 0 atom stereocenters. The number of carbonyl (C=O) groups excluding carboxylic acids is 1. The van der Waals surface area contributed by atoms with Crippen molar-refractivity contribution in [3.05, 3.63) is 76.3 Å². The molecule has 1 aliphatic rings. The molecule has 3 aromatic rings. The van der Waals surface area contributed by atoms with Crippen molar-refractivity contribution in [3.8, 4) is 5.75 Å². The lowest BCUT2D eigenvalue weighted by Crippen LogP contribution is -2.48. The van der Waals surface area contributed by atoms with Crippen LogP contribution in [0, 0.1) is 5.82 Å². The highest BCUT2D eigenvalue weighted by atomic mass is 35.5. The number of amides is 1. The number of anilines is 3. The number of hydrogen-bond donors (Lipinski definition) is 2. The summed E-state index contributed by atoms with van der Waals surface area (Å²) in [5.74, 6) is -0.449. The van der Waals surface area contributed by atoms with Gasteiger partial charge in [-0.2, -0.15) is 0 Å². The summed E-state index contributed by atoms with van der Waals surface area (Å²) in [6.07, 6.45) is 1.72. The van der Waals surface area contributed by atoms with Crippen LogP contribution in [0.5, 0.6) is 5.75 Å². The molecule has 10 heteroatoms. The van der Waals surface area contributed by atoms with E-state index >= 15 is 0 Å². The van der Waals surface area contributed by atoms with E-state index in [1.165, 1.54) is 12.3 Å². The van der Waals surface area contributed by atoms with E-state index < -0.39 is 11.7 Å². The van der Waals surface area contributed by atoms with Crippen LogP contribution in [0.15, 0.2) is 48.7 Å². The van der Waals surface area contributed by atoms with E-state index in [0.29, 0.717) is 33.3 Å². The number of nitrogens with two attached hydrogens (primary N) is 1. The largest absolute Gasteiger partial charge is 0.494 e. The summed E-state index contributed by atoms with van der Waals surface area (Å²) in [5, 5.41) is 3.59. The fraction of sp³-hybridized carbons (Fsp3) is 0.400. The number of primary amides is 1. The van der Waals surface area contributed by atoms with E-state index in [1.54, 1.807) is 25.3 Å². The van der Waals surface area contributed by atoms with Gasteiger partial charge in [0.2, 0.25) is 0 Å². The summed E-state index contributed by atoms with van der Waals surface area (Å²) in [7, 11) is 1.61. The molecule has 1 amide bonds. The Morgan fingerprint density at radius 3 is 2.52 bits per heavy atom. The molecule has 1 aliphatic heterocycles. The van der Waals surface area contributed by atoms with E-state index in [9.17, 15) is 9.18 Å². The van der Waals surface area contributed by atoms with Gasteiger partial charge in [-0.3, -0.25) is 9.69 Å². The third-order valence-corrected chi connectivity index (χ3v) is 7.79. The summed E-state index contributed by atoms with van der Waals surface area (Å²) >= 11 is 6.22. The fourth-order valence-corrected chi connectivity index (χ4v) is 5.21. The number of piperazine rings is 1. The molecule has 0 saturated carbocycles. The topological polar surface area (TPSA) is 87.0 Å². The molecule has 0 radical (unpaired) electrons. The van der Waals surface area contributed by atoms with Crippen LogP contribution in [-0.4, -0.2) is 80.2 Å². The molecule has 0 bridgehead atoms. The van der Waals surface area contributed by atoms with Gasteiger partial charge in [-0.25, -0.2) is 9.37 Å². The normalized spacial score (nSPS) is 14.0. The Kier molecular flexibility index (Phi) is 10.2. The predicted molar refractivity (Wildman–Crippen MR) is 160 cm³/mol. The van der Waals surface area contributed by atoms with Crippen molar-refractivity contribution >= 4 is 34.6 Å². The zero-order chi connectivity index (χ0) is 28.6. The number of likely N-dealkylation sites (N-methyl/N-ethyl adjacent to an activating group) is 1. The Bertz CT molecular complexity index is 1290. The summed E-state index contributed by atoms with van der Waals surface area (Å²) in [6, 6.07) is 12.3. The molecule has 8 nitrogen and oxygen atoms in total. The minimum atomic E-state index is -0.674. The minimum absolute atomic E-state index is 0.0790. The summed E-state index contributed by atoms with van der Waals surface area (Å²) in [4.78, 5) is 23.7. The summed E-state index contributed by atoms with van der Waals surface area (Å²) < 4.78 is 20.1. The average Bonchev–Trinajstić information content (AvgIpc) is 2.96. The zero-order valence-corrected chi connectivity index (χ0v) is 24.2. The molecule has 0 unspecified atom stereocenters. The highest BCUT2D eigenvalue weighted by Gasteiger charge is 2.20. The maximum Gasteiger partial charge on any atom is 0.269 e. The molecule has 1 fully saturated rings. The first-order chi connectivity index (χ1) is 19.3. The third-order valence-electron chi connectivity index (χ3n) is 7.44. The van der Waals surface area contributed by atoms with Gasteiger partial charge in [-0.15, -0.1) is 0 Å². The van der Waals surface area contributed by atoms with Crippen LogP contribution in [-0.2, 0) is 6.42 Å². The maximum atomic E-state index is 14.4. The lowest BCUT2D eigenvalue weighted by atomic mass is 10.0. The Labute approximate surface area is 240 Å². The first-order valence-electron chi connectivity index (χ1n) is 13.7. The molecule has 3 N–H and O–H groups in total. The number of hydrogen-bond acceptors (Lipinski definition) is 7. The molecule has 1 saturated heterocycles. The van der Waals surface area contributed by atoms with E-state index in [0.717, 1.165) is 58.0 Å². The van der Waals surface area contributed by atoms with Gasteiger partial charge in [-0.05, 0) is 49.0 Å². The smallest absolute Gasteiger partial charge is 0.269 e. The summed E-state index contributed by atoms with van der Waals surface area (Å²) in [6.45, 7) is 12.6. The third kappa shape index (κ3) is 7.21. The molecule has 1 aromatic heterocycles. The van der Waals surface area contributed by atoms with Crippen LogP contribution in [0.1, 0.15) is 35.5 Å². The number of benzene rings is 2. The van der Waals surface area contributed by atoms with Gasteiger partial charge >= 0.3 is 0 Å². The fourth-order valence-electron chi connectivity index (χ4n) is 4.98. The Balaban J connectivity index is 1.49. The van der Waals surface area contributed by atoms with Crippen molar-refractivity contribution in [2.45, 2.75) is 20.3 Å². The van der Waals surface area contributed by atoms with Crippen LogP contribution in [0.2, 0.25) is 5.02 Å². The average molecular weight is 569 g/mol. The number of ether oxygens (including phenoxy) is 1. The van der Waals surface area contributed by atoms with Crippen LogP contribution < -0.4 is 20.7 Å². The van der Waals surface area contributed by atoms with Crippen molar-refractivity contribution in [1.29, 1.82) is 0 Å². The number of aromatic nitrogens is 1. The van der Waals surface area contributed by atoms with Gasteiger partial charge in [0.1, 0.15) is 11.6 Å². The van der Waals surface area contributed by atoms with Crippen molar-refractivity contribution < 1.29 is 13.9 Å². The maximum absolute atomic E-state index is 14.4. The predicted octanol–water partition coefficient (Wildman–Crippen LogP) is 4.78. The number of nitrogens with zero attached hydrogens (tertiary/aromatic N) is 4. The quantitative estimate of drug-likeness (QED) is 0.325. The van der Waals surface area contributed by atoms with Gasteiger partial charge in [0.05, 0.1) is 18.5 Å². The number of halogens is 2. The van der Waals surface area contributed by atoms with E-state index in [-0.39, 0.29) is 12.1 Å². The molecule has 40 heavy (non-hydrogen) atoms. The second-order valence-electron chi connectivity index (χ2n) is 9.85. The minimum Gasteiger partial charge on any atom is -0.494 e. The highest BCUT2D eigenvalue weighted by molar-refractivity contribution is 6.31. The molecule has 4 rings (SSSR count). The molecule has 0 spiro atoms. The van der Waals surface area contributed by atoms with Crippen molar-refractivity contribution in [1.82, 2.24) is 14.8 Å². The lowest BCUT2D eigenvalue weighted by molar-refractivity contribution is 0.0996. The standard InChI is InChI=1S/C30H38ClFN6O2/c1-4-36(5-2)11-12-37-13-15-38(16-14-37)22-9-10-26(28(19-22)40-3)35-27-18-21(20-34-29(27)30(33)39)17-23-24(31)7-6-8-25(23)32/h6-10,18-20,35H,4-5,11-17H2,1-3H3,(H2,33,39). The summed E-state index contributed by atoms with van der Waals surface area (Å²) in [5.41, 5.74) is 8.86. The first kappa shape index (κ1) is 29.6. The Morgan fingerprint density at radius 1 is 1.12 bits per heavy atom. The number of pyridine rings is 1. The second kappa shape index (κ2) is 13.8. The molecule has 0 aliphatic carbocycles. The van der Waals surface area contributed by atoms with E-state index in [1.807, 2.05) is 18.2 Å². The van der Waals surface area contributed by atoms with Gasteiger partial charge in [0.25, 0.3) is 5.91 Å². The van der Waals surface area contributed by atoms with Crippen LogP contribution in [0.4, 0.5) is 21.5 Å². The van der Waals surface area contributed by atoms with Crippen molar-refractivity contribution in [3.63, 3.8) is 0 Å².